The first-order valence-corrected chi connectivity index (χ1v) is 7.98. The first kappa shape index (κ1) is 18.8. The maximum Gasteiger partial charge on any atom is 0.416 e. The zero-order chi connectivity index (χ0) is 18.3. The van der Waals surface area contributed by atoms with Crippen molar-refractivity contribution in [2.24, 2.45) is 0 Å². The Kier molecular flexibility index (Phi) is 6.44. The van der Waals surface area contributed by atoms with E-state index < -0.39 is 11.7 Å². The van der Waals surface area contributed by atoms with Crippen molar-refractivity contribution in [1.29, 1.82) is 0 Å². The van der Waals surface area contributed by atoms with E-state index in [-0.39, 0.29) is 24.3 Å². The van der Waals surface area contributed by atoms with Gasteiger partial charge in [0, 0.05) is 6.04 Å². The van der Waals surface area contributed by atoms with Gasteiger partial charge in [-0.05, 0) is 43.5 Å². The van der Waals surface area contributed by atoms with E-state index in [1.807, 2.05) is 37.3 Å². The highest BCUT2D eigenvalue weighted by Gasteiger charge is 2.30. The average molecular weight is 351 g/mol. The zero-order valence-corrected chi connectivity index (χ0v) is 13.8. The molecule has 0 saturated carbocycles. The van der Waals surface area contributed by atoms with Crippen molar-refractivity contribution in [3.05, 3.63) is 65.7 Å². The van der Waals surface area contributed by atoms with Crippen LogP contribution in [0.2, 0.25) is 0 Å². The molecule has 0 heterocycles. The fourth-order valence-corrected chi connectivity index (χ4v) is 2.33. The summed E-state index contributed by atoms with van der Waals surface area (Å²) in [5.74, 6) is -0.347. The number of benzene rings is 2. The van der Waals surface area contributed by atoms with Gasteiger partial charge in [-0.2, -0.15) is 13.2 Å². The van der Waals surface area contributed by atoms with Crippen LogP contribution in [0.3, 0.4) is 0 Å². The van der Waals surface area contributed by atoms with Gasteiger partial charge in [-0.25, -0.2) is 0 Å². The fourth-order valence-electron chi connectivity index (χ4n) is 2.33. The number of ether oxygens (including phenoxy) is 1. The van der Waals surface area contributed by atoms with Crippen LogP contribution in [0.5, 0.6) is 5.75 Å². The molecule has 0 fully saturated rings. The summed E-state index contributed by atoms with van der Waals surface area (Å²) >= 11 is 0. The van der Waals surface area contributed by atoms with Gasteiger partial charge in [0.05, 0.1) is 5.56 Å². The lowest BCUT2D eigenvalue weighted by molar-refractivity contribution is -0.137. The number of carbonyl (C=O) groups is 1. The van der Waals surface area contributed by atoms with Crippen LogP contribution in [-0.2, 0) is 17.4 Å². The minimum absolute atomic E-state index is 0.0157. The SMILES string of the molecule is C[C@H](CCc1ccccc1)NC(=O)COc1cccc(C(F)(F)F)c1. The standard InChI is InChI=1S/C19H20F3NO2/c1-14(10-11-15-6-3-2-4-7-15)23-18(24)13-25-17-9-5-8-16(12-17)19(20,21)22/h2-9,12,14H,10-11,13H2,1H3,(H,23,24)/t14-/m1/s1. The number of amides is 1. The van der Waals surface area contributed by atoms with Gasteiger partial charge in [-0.1, -0.05) is 36.4 Å². The zero-order valence-electron chi connectivity index (χ0n) is 13.8. The third-order valence-electron chi connectivity index (χ3n) is 3.65. The van der Waals surface area contributed by atoms with Gasteiger partial charge in [0.25, 0.3) is 5.91 Å². The maximum absolute atomic E-state index is 12.6. The van der Waals surface area contributed by atoms with E-state index in [2.05, 4.69) is 5.32 Å². The van der Waals surface area contributed by atoms with Gasteiger partial charge in [0.1, 0.15) is 5.75 Å². The Bertz CT molecular complexity index is 687. The largest absolute Gasteiger partial charge is 0.484 e. The van der Waals surface area contributed by atoms with E-state index >= 15 is 0 Å². The van der Waals surface area contributed by atoms with Crippen LogP contribution >= 0.6 is 0 Å². The summed E-state index contributed by atoms with van der Waals surface area (Å²) in [6.45, 7) is 1.56. The Balaban J connectivity index is 1.76. The first-order valence-electron chi connectivity index (χ1n) is 7.98. The summed E-state index contributed by atoms with van der Waals surface area (Å²) in [7, 11) is 0. The molecule has 0 aliphatic carbocycles. The summed E-state index contributed by atoms with van der Waals surface area (Å²) in [5, 5.41) is 2.78. The number of nitrogens with one attached hydrogen (secondary N) is 1. The molecule has 2 aromatic rings. The number of carbonyl (C=O) groups excluding carboxylic acids is 1. The van der Waals surface area contributed by atoms with E-state index in [1.54, 1.807) is 0 Å². The predicted molar refractivity (Wildman–Crippen MR) is 89.3 cm³/mol. The quantitative estimate of drug-likeness (QED) is 0.811. The first-order chi connectivity index (χ1) is 11.8. The molecule has 0 saturated heterocycles. The van der Waals surface area contributed by atoms with E-state index in [0.717, 1.165) is 25.0 Å². The van der Waals surface area contributed by atoms with Crippen LogP contribution in [-0.4, -0.2) is 18.6 Å². The molecular weight excluding hydrogens is 331 g/mol. The second-order valence-corrected chi connectivity index (χ2v) is 5.81. The molecule has 6 heteroatoms. The lowest BCUT2D eigenvalue weighted by atomic mass is 10.1. The lowest BCUT2D eigenvalue weighted by Crippen LogP contribution is -2.36. The second kappa shape index (κ2) is 8.55. The number of hydrogen-bond acceptors (Lipinski definition) is 2. The van der Waals surface area contributed by atoms with Crippen LogP contribution < -0.4 is 10.1 Å². The Morgan fingerprint density at radius 2 is 1.84 bits per heavy atom. The smallest absolute Gasteiger partial charge is 0.416 e. The Labute approximate surface area is 144 Å². The normalized spacial score (nSPS) is 12.5. The molecule has 134 valence electrons. The van der Waals surface area contributed by atoms with Gasteiger partial charge in [-0.15, -0.1) is 0 Å². The van der Waals surface area contributed by atoms with Gasteiger partial charge in [0.15, 0.2) is 6.61 Å². The van der Waals surface area contributed by atoms with Crippen LogP contribution in [0.1, 0.15) is 24.5 Å². The molecule has 0 bridgehead atoms. The van der Waals surface area contributed by atoms with Crippen LogP contribution in [0.15, 0.2) is 54.6 Å². The molecule has 25 heavy (non-hydrogen) atoms. The van der Waals surface area contributed by atoms with E-state index in [0.29, 0.717) is 0 Å². The summed E-state index contributed by atoms with van der Waals surface area (Å²) in [5.41, 5.74) is 0.380. The van der Waals surface area contributed by atoms with E-state index in [1.165, 1.54) is 17.7 Å². The molecule has 0 aliphatic rings. The third-order valence-corrected chi connectivity index (χ3v) is 3.65. The highest BCUT2D eigenvalue weighted by Crippen LogP contribution is 2.31. The number of halogens is 3. The van der Waals surface area contributed by atoms with Gasteiger partial charge in [-0.3, -0.25) is 4.79 Å². The summed E-state index contributed by atoms with van der Waals surface area (Å²) in [6.07, 6.45) is -2.84. The molecule has 0 aliphatic heterocycles. The molecule has 0 unspecified atom stereocenters. The highest BCUT2D eigenvalue weighted by molar-refractivity contribution is 5.77. The van der Waals surface area contributed by atoms with Crippen LogP contribution in [0, 0.1) is 0 Å². The number of hydrogen-bond donors (Lipinski definition) is 1. The van der Waals surface area contributed by atoms with Gasteiger partial charge < -0.3 is 10.1 Å². The molecule has 0 aromatic heterocycles. The van der Waals surface area contributed by atoms with E-state index in [9.17, 15) is 18.0 Å². The van der Waals surface area contributed by atoms with Crippen molar-refractivity contribution in [2.45, 2.75) is 32.0 Å². The Hall–Kier alpha value is -2.50. The van der Waals surface area contributed by atoms with Crippen molar-refractivity contribution in [3.63, 3.8) is 0 Å². The Morgan fingerprint density at radius 1 is 1.12 bits per heavy atom. The number of alkyl halides is 3. The minimum Gasteiger partial charge on any atom is -0.484 e. The van der Waals surface area contributed by atoms with Crippen molar-refractivity contribution >= 4 is 5.91 Å². The molecule has 3 nitrogen and oxygen atoms in total. The van der Waals surface area contributed by atoms with E-state index in [4.69, 9.17) is 4.74 Å². The molecule has 0 spiro atoms. The molecule has 1 amide bonds. The van der Waals surface area contributed by atoms with Crippen LogP contribution in [0.25, 0.3) is 0 Å². The van der Waals surface area contributed by atoms with Crippen molar-refractivity contribution < 1.29 is 22.7 Å². The molecule has 1 N–H and O–H groups in total. The molecule has 2 rings (SSSR count). The maximum atomic E-state index is 12.6. The van der Waals surface area contributed by atoms with Crippen molar-refractivity contribution in [2.75, 3.05) is 6.61 Å². The lowest BCUT2D eigenvalue weighted by Gasteiger charge is -2.15. The fraction of sp³-hybridized carbons (Fsp3) is 0.316. The monoisotopic (exact) mass is 351 g/mol. The summed E-state index contributed by atoms with van der Waals surface area (Å²) < 4.78 is 43.0. The minimum atomic E-state index is -4.44. The average Bonchev–Trinajstić information content (AvgIpc) is 2.59. The number of aryl methyl sites for hydroxylation is 1. The molecule has 2 aromatic carbocycles. The van der Waals surface area contributed by atoms with Gasteiger partial charge >= 0.3 is 6.18 Å². The van der Waals surface area contributed by atoms with Crippen molar-refractivity contribution in [1.82, 2.24) is 5.32 Å². The van der Waals surface area contributed by atoms with Crippen molar-refractivity contribution in [3.8, 4) is 5.75 Å². The Morgan fingerprint density at radius 3 is 2.52 bits per heavy atom. The molecule has 0 radical (unpaired) electrons. The predicted octanol–water partition coefficient (Wildman–Crippen LogP) is 4.22. The second-order valence-electron chi connectivity index (χ2n) is 5.81. The van der Waals surface area contributed by atoms with Crippen LogP contribution in [0.4, 0.5) is 13.2 Å². The summed E-state index contributed by atoms with van der Waals surface area (Å²) in [6, 6.07) is 14.3. The summed E-state index contributed by atoms with van der Waals surface area (Å²) in [4.78, 5) is 11.9. The molecular formula is C19H20F3NO2. The third kappa shape index (κ3) is 6.49. The molecule has 1 atom stereocenters. The van der Waals surface area contributed by atoms with Gasteiger partial charge in [0.2, 0.25) is 0 Å². The number of rotatable bonds is 7. The topological polar surface area (TPSA) is 38.3 Å². The highest BCUT2D eigenvalue weighted by atomic mass is 19.4.